The van der Waals surface area contributed by atoms with Crippen molar-refractivity contribution in [2.24, 2.45) is 0 Å². The molecule has 0 radical (unpaired) electrons. The van der Waals surface area contributed by atoms with Crippen LogP contribution in [-0.2, 0) is 4.79 Å². The van der Waals surface area contributed by atoms with Crippen molar-refractivity contribution < 1.29 is 4.79 Å². The highest BCUT2D eigenvalue weighted by atomic mass is 79.9. The lowest BCUT2D eigenvalue weighted by Gasteiger charge is -2.05. The summed E-state index contributed by atoms with van der Waals surface area (Å²) in [5.74, 6) is -0.0553. The number of fused-ring (bicyclic) bond motifs is 1. The maximum absolute atomic E-state index is 10.9. The molecular formula is C10H8BrNOS. The highest BCUT2D eigenvalue weighted by molar-refractivity contribution is 9.10. The lowest BCUT2D eigenvalue weighted by atomic mass is 10.2. The average molecular weight is 270 g/mol. The molecule has 0 aliphatic rings. The minimum absolute atomic E-state index is 0.0553. The molecule has 1 heterocycles. The van der Waals surface area contributed by atoms with E-state index in [9.17, 15) is 4.79 Å². The molecule has 0 aliphatic carbocycles. The molecule has 1 aromatic heterocycles. The van der Waals surface area contributed by atoms with Crippen LogP contribution in [0.1, 0.15) is 6.92 Å². The summed E-state index contributed by atoms with van der Waals surface area (Å²) in [6, 6.07) is 5.95. The first-order chi connectivity index (χ1) is 6.68. The van der Waals surface area contributed by atoms with Crippen LogP contribution >= 0.6 is 27.3 Å². The van der Waals surface area contributed by atoms with E-state index in [1.807, 2.05) is 23.6 Å². The second-order valence-corrected chi connectivity index (χ2v) is 4.68. The molecule has 1 N–H and O–H groups in total. The second kappa shape index (κ2) is 3.71. The molecule has 1 aromatic carbocycles. The summed E-state index contributed by atoms with van der Waals surface area (Å²) in [6.07, 6.45) is 0. The minimum atomic E-state index is -0.0553. The van der Waals surface area contributed by atoms with E-state index >= 15 is 0 Å². The van der Waals surface area contributed by atoms with E-state index in [4.69, 9.17) is 0 Å². The third-order valence-electron chi connectivity index (χ3n) is 1.88. The van der Waals surface area contributed by atoms with E-state index in [0.717, 1.165) is 15.5 Å². The lowest BCUT2D eigenvalue weighted by molar-refractivity contribution is -0.114. The molecule has 0 saturated heterocycles. The van der Waals surface area contributed by atoms with Gasteiger partial charge in [-0.2, -0.15) is 0 Å². The number of carbonyl (C=O) groups excluding carboxylic acids is 1. The molecule has 0 saturated carbocycles. The van der Waals surface area contributed by atoms with Crippen molar-refractivity contribution >= 4 is 48.9 Å². The van der Waals surface area contributed by atoms with E-state index in [2.05, 4.69) is 21.2 Å². The van der Waals surface area contributed by atoms with Gasteiger partial charge in [0.2, 0.25) is 5.91 Å². The summed E-state index contributed by atoms with van der Waals surface area (Å²) in [4.78, 5) is 10.9. The van der Waals surface area contributed by atoms with Gasteiger partial charge in [0.05, 0.1) is 5.69 Å². The Morgan fingerprint density at radius 1 is 1.43 bits per heavy atom. The first kappa shape index (κ1) is 9.68. The summed E-state index contributed by atoms with van der Waals surface area (Å²) in [5, 5.41) is 5.95. The Morgan fingerprint density at radius 3 is 2.93 bits per heavy atom. The molecule has 0 bridgehead atoms. The number of benzene rings is 1. The third-order valence-corrected chi connectivity index (χ3v) is 3.62. The van der Waals surface area contributed by atoms with E-state index in [0.29, 0.717) is 0 Å². The van der Waals surface area contributed by atoms with E-state index in [-0.39, 0.29) is 5.91 Å². The molecule has 0 fully saturated rings. The third kappa shape index (κ3) is 1.67. The minimum Gasteiger partial charge on any atom is -0.325 e. The van der Waals surface area contributed by atoms with Crippen molar-refractivity contribution in [3.8, 4) is 0 Å². The van der Waals surface area contributed by atoms with Gasteiger partial charge in [0.1, 0.15) is 0 Å². The predicted molar refractivity (Wildman–Crippen MR) is 63.8 cm³/mol. The van der Waals surface area contributed by atoms with Crippen LogP contribution in [0.4, 0.5) is 5.69 Å². The maximum atomic E-state index is 10.9. The molecule has 2 rings (SSSR count). The van der Waals surface area contributed by atoms with Gasteiger partial charge in [0.15, 0.2) is 0 Å². The normalized spacial score (nSPS) is 10.4. The Hall–Kier alpha value is -0.870. The topological polar surface area (TPSA) is 29.1 Å². The first-order valence-corrected chi connectivity index (χ1v) is 5.79. The summed E-state index contributed by atoms with van der Waals surface area (Å²) >= 11 is 5.17. The average Bonchev–Trinajstić information content (AvgIpc) is 2.57. The zero-order chi connectivity index (χ0) is 10.1. The number of halogens is 1. The molecule has 2 nitrogen and oxygen atoms in total. The molecule has 0 aliphatic heterocycles. The standard InChI is InChI=1S/C10H8BrNOS/c1-6(13)12-8-2-3-9-7(10(8)11)4-5-14-9/h2-5H,1H3,(H,12,13). The number of amides is 1. The fourth-order valence-corrected chi connectivity index (χ4v) is 2.80. The van der Waals surface area contributed by atoms with Gasteiger partial charge in [0.25, 0.3) is 0 Å². The summed E-state index contributed by atoms with van der Waals surface area (Å²) in [6.45, 7) is 1.50. The Bertz CT molecular complexity index is 492. The first-order valence-electron chi connectivity index (χ1n) is 4.12. The fourth-order valence-electron chi connectivity index (χ4n) is 1.29. The molecule has 4 heteroatoms. The van der Waals surface area contributed by atoms with Gasteiger partial charge in [-0.3, -0.25) is 4.79 Å². The zero-order valence-corrected chi connectivity index (χ0v) is 9.91. The van der Waals surface area contributed by atoms with Crippen LogP contribution in [-0.4, -0.2) is 5.91 Å². The van der Waals surface area contributed by atoms with Gasteiger partial charge < -0.3 is 5.32 Å². The quantitative estimate of drug-likeness (QED) is 0.842. The molecule has 0 atom stereocenters. The maximum Gasteiger partial charge on any atom is 0.221 e. The van der Waals surface area contributed by atoms with E-state index in [1.165, 1.54) is 11.6 Å². The molecule has 1 amide bonds. The summed E-state index contributed by atoms with van der Waals surface area (Å²) in [5.41, 5.74) is 0.823. The number of hydrogen-bond acceptors (Lipinski definition) is 2. The van der Waals surface area contributed by atoms with Crippen LogP contribution in [0.3, 0.4) is 0 Å². The van der Waals surface area contributed by atoms with E-state index in [1.54, 1.807) is 11.3 Å². The van der Waals surface area contributed by atoms with Gasteiger partial charge >= 0.3 is 0 Å². The van der Waals surface area contributed by atoms with Crippen molar-refractivity contribution in [2.75, 3.05) is 5.32 Å². The van der Waals surface area contributed by atoms with Gasteiger partial charge in [0, 0.05) is 21.5 Å². The monoisotopic (exact) mass is 269 g/mol. The van der Waals surface area contributed by atoms with Crippen molar-refractivity contribution in [1.29, 1.82) is 0 Å². The Labute approximate surface area is 94.1 Å². The van der Waals surface area contributed by atoms with E-state index < -0.39 is 0 Å². The van der Waals surface area contributed by atoms with Crippen LogP contribution in [0.2, 0.25) is 0 Å². The number of hydrogen-bond donors (Lipinski definition) is 1. The van der Waals surface area contributed by atoms with Crippen LogP contribution in [0.25, 0.3) is 10.1 Å². The Balaban J connectivity index is 2.56. The number of rotatable bonds is 1. The molecule has 0 unspecified atom stereocenters. The number of carbonyl (C=O) groups is 1. The second-order valence-electron chi connectivity index (χ2n) is 2.94. The van der Waals surface area contributed by atoms with Crippen LogP contribution in [0.5, 0.6) is 0 Å². The summed E-state index contributed by atoms with van der Waals surface area (Å²) < 4.78 is 2.16. The van der Waals surface area contributed by atoms with Gasteiger partial charge in [-0.05, 0) is 39.5 Å². The zero-order valence-electron chi connectivity index (χ0n) is 7.50. The van der Waals surface area contributed by atoms with Gasteiger partial charge in [-0.1, -0.05) is 0 Å². The summed E-state index contributed by atoms with van der Waals surface area (Å²) in [7, 11) is 0. The largest absolute Gasteiger partial charge is 0.325 e. The molecule has 14 heavy (non-hydrogen) atoms. The smallest absolute Gasteiger partial charge is 0.221 e. The Morgan fingerprint density at radius 2 is 2.21 bits per heavy atom. The predicted octanol–water partition coefficient (Wildman–Crippen LogP) is 3.62. The van der Waals surface area contributed by atoms with Crippen LogP contribution in [0, 0.1) is 0 Å². The van der Waals surface area contributed by atoms with Crippen molar-refractivity contribution in [3.05, 3.63) is 28.1 Å². The number of nitrogens with one attached hydrogen (secondary N) is 1. The van der Waals surface area contributed by atoms with Gasteiger partial charge in [-0.15, -0.1) is 11.3 Å². The van der Waals surface area contributed by atoms with Crippen LogP contribution in [0.15, 0.2) is 28.1 Å². The molecule has 72 valence electrons. The Kier molecular flexibility index (Phi) is 2.56. The molecular weight excluding hydrogens is 262 g/mol. The van der Waals surface area contributed by atoms with Crippen molar-refractivity contribution in [1.82, 2.24) is 0 Å². The molecule has 0 spiro atoms. The van der Waals surface area contributed by atoms with Crippen LogP contribution < -0.4 is 5.32 Å². The highest BCUT2D eigenvalue weighted by Crippen LogP contribution is 2.34. The number of thiophene rings is 1. The highest BCUT2D eigenvalue weighted by Gasteiger charge is 2.06. The van der Waals surface area contributed by atoms with Crippen molar-refractivity contribution in [2.45, 2.75) is 6.92 Å². The molecule has 2 aromatic rings. The van der Waals surface area contributed by atoms with Crippen molar-refractivity contribution in [3.63, 3.8) is 0 Å². The lowest BCUT2D eigenvalue weighted by Crippen LogP contribution is -2.05. The number of anilines is 1. The fraction of sp³-hybridized carbons (Fsp3) is 0.100. The SMILES string of the molecule is CC(=O)Nc1ccc2sccc2c1Br. The van der Waals surface area contributed by atoms with Gasteiger partial charge in [-0.25, -0.2) is 0 Å².